The molecule has 15 heavy (non-hydrogen) atoms. The highest BCUT2D eigenvalue weighted by Gasteiger charge is 1.98. The van der Waals surface area contributed by atoms with E-state index in [0.29, 0.717) is 0 Å². The van der Waals surface area contributed by atoms with Crippen LogP contribution in [-0.4, -0.2) is 0 Å². The quantitative estimate of drug-likeness (QED) is 0.750. The van der Waals surface area contributed by atoms with Crippen LogP contribution < -0.4 is 9.75 Å². The molecule has 0 amide bonds. The molecule has 0 saturated heterocycles. The molecule has 0 nitrogen and oxygen atoms in total. The first-order valence-electron chi connectivity index (χ1n) is 4.72. The Morgan fingerprint density at radius 2 is 2.13 bits per heavy atom. The Bertz CT molecular complexity index is 620. The maximum atomic E-state index is 3.85. The van der Waals surface area contributed by atoms with Gasteiger partial charge in [-0.25, -0.2) is 0 Å². The molecule has 0 aliphatic heterocycles. The third kappa shape index (κ3) is 2.06. The fourth-order valence-electron chi connectivity index (χ4n) is 1.63. The molecule has 0 bridgehead atoms. The van der Waals surface area contributed by atoms with Gasteiger partial charge >= 0.3 is 0 Å². The molecular weight excluding hydrogens is 268 g/mol. The molecule has 0 unspecified atom stereocenters. The molecule has 76 valence electrons. The fourth-order valence-corrected chi connectivity index (χ4v) is 3.22. The van der Waals surface area contributed by atoms with Crippen LogP contribution in [-0.2, 0) is 0 Å². The normalized spacial score (nSPS) is 13.7. The average molecular weight is 279 g/mol. The predicted octanol–water partition coefficient (Wildman–Crippen LogP) is 3.39. The first kappa shape index (κ1) is 10.7. The number of hydrogen-bond donors (Lipinski definition) is 0. The lowest BCUT2D eigenvalue weighted by Gasteiger charge is -1.85. The lowest BCUT2D eigenvalue weighted by molar-refractivity contribution is 1.71. The minimum atomic E-state index is 0.914. The third-order valence-corrected chi connectivity index (χ3v) is 3.60. The number of fused-ring (bicyclic) bond motifs is 1. The first-order chi connectivity index (χ1) is 7.22. The van der Waals surface area contributed by atoms with Crippen molar-refractivity contribution >= 4 is 49.5 Å². The Balaban J connectivity index is 2.94. The molecule has 1 heterocycles. The van der Waals surface area contributed by atoms with Crippen molar-refractivity contribution in [3.8, 4) is 0 Å². The number of benzene rings is 1. The van der Waals surface area contributed by atoms with Gasteiger partial charge in [-0.05, 0) is 29.7 Å². The summed E-state index contributed by atoms with van der Waals surface area (Å²) in [5.41, 5.74) is 0. The van der Waals surface area contributed by atoms with Gasteiger partial charge in [-0.1, -0.05) is 46.8 Å². The molecule has 1 aromatic carbocycles. The Hall–Kier alpha value is -0.860. The van der Waals surface area contributed by atoms with E-state index in [1.165, 1.54) is 19.8 Å². The zero-order valence-electron chi connectivity index (χ0n) is 8.46. The van der Waals surface area contributed by atoms with Crippen LogP contribution >= 0.6 is 27.3 Å². The lowest BCUT2D eigenvalue weighted by Crippen LogP contribution is -2.17. The second-order valence-corrected chi connectivity index (χ2v) is 5.36. The second-order valence-electron chi connectivity index (χ2n) is 3.26. The van der Waals surface area contributed by atoms with E-state index in [0.717, 1.165) is 4.48 Å². The summed E-state index contributed by atoms with van der Waals surface area (Å²) in [6.07, 6.45) is 4.22. The van der Waals surface area contributed by atoms with Crippen LogP contribution in [0.4, 0.5) is 0 Å². The summed E-state index contributed by atoms with van der Waals surface area (Å²) in [4.78, 5) is 0. The van der Waals surface area contributed by atoms with Crippen LogP contribution in [0.3, 0.4) is 0 Å². The molecule has 2 rings (SSSR count). The summed E-state index contributed by atoms with van der Waals surface area (Å²) in [5, 5.41) is 2.63. The van der Waals surface area contributed by atoms with E-state index in [9.17, 15) is 0 Å². The van der Waals surface area contributed by atoms with E-state index in [4.69, 9.17) is 0 Å². The van der Waals surface area contributed by atoms with Crippen molar-refractivity contribution in [3.05, 3.63) is 45.1 Å². The minimum Gasteiger partial charge on any atom is -0.135 e. The van der Waals surface area contributed by atoms with Crippen molar-refractivity contribution in [1.82, 2.24) is 0 Å². The largest absolute Gasteiger partial charge is 0.135 e. The average Bonchev–Trinajstić information content (AvgIpc) is 2.53. The van der Waals surface area contributed by atoms with Crippen LogP contribution in [0, 0.1) is 0 Å². The number of hydrogen-bond acceptors (Lipinski definition) is 1. The van der Waals surface area contributed by atoms with Crippen LogP contribution in [0.1, 0.15) is 6.92 Å². The van der Waals surface area contributed by atoms with Gasteiger partial charge in [-0.15, -0.1) is 11.3 Å². The molecule has 0 spiro atoms. The molecule has 0 aliphatic carbocycles. The molecule has 0 fully saturated rings. The summed E-state index contributed by atoms with van der Waals surface area (Å²) >= 11 is 5.17. The van der Waals surface area contributed by atoms with E-state index in [1.807, 2.05) is 0 Å². The first-order valence-corrected chi connectivity index (χ1v) is 6.33. The number of rotatable bonds is 1. The van der Waals surface area contributed by atoms with Crippen molar-refractivity contribution in [3.63, 3.8) is 0 Å². The van der Waals surface area contributed by atoms with E-state index in [-0.39, 0.29) is 0 Å². The van der Waals surface area contributed by atoms with Gasteiger partial charge in [-0.3, -0.25) is 0 Å². The van der Waals surface area contributed by atoms with Crippen LogP contribution in [0.5, 0.6) is 0 Å². The smallest absolute Gasteiger partial charge is 0.0363 e. The topological polar surface area (TPSA) is 0 Å². The Kier molecular flexibility index (Phi) is 3.08. The Morgan fingerprint density at radius 3 is 2.80 bits per heavy atom. The van der Waals surface area contributed by atoms with Gasteiger partial charge in [0.25, 0.3) is 0 Å². The van der Waals surface area contributed by atoms with E-state index >= 15 is 0 Å². The van der Waals surface area contributed by atoms with Gasteiger partial charge in [0, 0.05) is 13.7 Å². The zero-order valence-corrected chi connectivity index (χ0v) is 10.9. The number of allylic oxidation sites excluding steroid dienone is 1. The Morgan fingerprint density at radius 1 is 1.40 bits per heavy atom. The van der Waals surface area contributed by atoms with Crippen molar-refractivity contribution in [2.75, 3.05) is 0 Å². The van der Waals surface area contributed by atoms with Crippen molar-refractivity contribution in [2.24, 2.45) is 0 Å². The summed E-state index contributed by atoms with van der Waals surface area (Å²) in [6, 6.07) is 8.47. The van der Waals surface area contributed by atoms with E-state index in [1.54, 1.807) is 11.3 Å². The highest BCUT2D eigenvalue weighted by atomic mass is 79.9. The van der Waals surface area contributed by atoms with Gasteiger partial charge in [0.2, 0.25) is 0 Å². The molecule has 0 saturated carbocycles. The molecule has 0 atom stereocenters. The molecule has 0 aliphatic rings. The van der Waals surface area contributed by atoms with Crippen molar-refractivity contribution in [1.29, 1.82) is 0 Å². The monoisotopic (exact) mass is 278 g/mol. The van der Waals surface area contributed by atoms with Gasteiger partial charge in [0.05, 0.1) is 0 Å². The predicted molar refractivity (Wildman–Crippen MR) is 73.7 cm³/mol. The molecule has 2 aromatic rings. The summed E-state index contributed by atoms with van der Waals surface area (Å²) < 4.78 is 3.50. The van der Waals surface area contributed by atoms with Gasteiger partial charge in [-0.2, -0.15) is 0 Å². The summed E-state index contributed by atoms with van der Waals surface area (Å²) in [6.45, 7) is 5.92. The van der Waals surface area contributed by atoms with Crippen molar-refractivity contribution < 1.29 is 0 Å². The standard InChI is InChI=1S/C13H11BrS/c1-3-10-11-6-4-5-7-12(11)15-13(10)8-9(2)14/h3-8H,2H2,1H3/b10-3-,13-8+. The molecular formula is C13H11BrS. The highest BCUT2D eigenvalue weighted by molar-refractivity contribution is 9.12. The van der Waals surface area contributed by atoms with Crippen molar-refractivity contribution in [2.45, 2.75) is 6.92 Å². The van der Waals surface area contributed by atoms with Crippen LogP contribution in [0.25, 0.3) is 22.2 Å². The molecule has 2 heteroatoms. The second kappa shape index (κ2) is 4.33. The van der Waals surface area contributed by atoms with Crippen LogP contribution in [0.2, 0.25) is 0 Å². The zero-order chi connectivity index (χ0) is 10.8. The van der Waals surface area contributed by atoms with E-state index < -0.39 is 0 Å². The number of halogens is 1. The SMILES string of the molecule is C=C(Br)/C=c1/sc2ccccc2/c1=C/C. The summed E-state index contributed by atoms with van der Waals surface area (Å²) in [5.74, 6) is 0. The summed E-state index contributed by atoms with van der Waals surface area (Å²) in [7, 11) is 0. The van der Waals surface area contributed by atoms with E-state index in [2.05, 4.69) is 65.9 Å². The highest BCUT2D eigenvalue weighted by Crippen LogP contribution is 2.13. The third-order valence-electron chi connectivity index (χ3n) is 2.24. The molecule has 0 N–H and O–H groups in total. The van der Waals surface area contributed by atoms with Gasteiger partial charge in [0.1, 0.15) is 0 Å². The van der Waals surface area contributed by atoms with Crippen LogP contribution in [0.15, 0.2) is 35.3 Å². The maximum absolute atomic E-state index is 3.85. The maximum Gasteiger partial charge on any atom is 0.0363 e. The minimum absolute atomic E-state index is 0.914. The lowest BCUT2D eigenvalue weighted by atomic mass is 10.2. The number of thiophene rings is 1. The fraction of sp³-hybridized carbons (Fsp3) is 0.0769. The van der Waals surface area contributed by atoms with Gasteiger partial charge in [0.15, 0.2) is 0 Å². The Labute approximate surface area is 101 Å². The molecule has 1 aromatic heterocycles. The molecule has 0 radical (unpaired) electrons. The van der Waals surface area contributed by atoms with Gasteiger partial charge < -0.3 is 0 Å².